The highest BCUT2D eigenvalue weighted by Crippen LogP contribution is 2.19. The van der Waals surface area contributed by atoms with Crippen LogP contribution in [0.1, 0.15) is 17.0 Å². The van der Waals surface area contributed by atoms with Crippen LogP contribution in [0.4, 0.5) is 5.69 Å². The Kier molecular flexibility index (Phi) is 4.67. The van der Waals surface area contributed by atoms with Gasteiger partial charge in [0.05, 0.1) is 30.3 Å². The fourth-order valence-electron chi connectivity index (χ4n) is 2.96. The van der Waals surface area contributed by atoms with Crippen LogP contribution in [0, 0.1) is 6.92 Å². The van der Waals surface area contributed by atoms with Gasteiger partial charge in [0, 0.05) is 18.5 Å². The van der Waals surface area contributed by atoms with Gasteiger partial charge >= 0.3 is 0 Å². The highest BCUT2D eigenvalue weighted by molar-refractivity contribution is 6.02. The zero-order valence-corrected chi connectivity index (χ0v) is 15.6. The minimum atomic E-state index is -0.264. The van der Waals surface area contributed by atoms with Gasteiger partial charge in [-0.25, -0.2) is 9.67 Å². The van der Waals surface area contributed by atoms with E-state index in [1.807, 2.05) is 50.4 Å². The maximum absolute atomic E-state index is 12.2. The number of rotatable bonds is 5. The Hall–Kier alpha value is -3.81. The van der Waals surface area contributed by atoms with Crippen LogP contribution in [-0.4, -0.2) is 35.7 Å². The molecule has 0 saturated heterocycles. The van der Waals surface area contributed by atoms with Crippen molar-refractivity contribution >= 4 is 28.7 Å². The summed E-state index contributed by atoms with van der Waals surface area (Å²) in [6, 6.07) is 11.9. The van der Waals surface area contributed by atoms with E-state index >= 15 is 0 Å². The molecule has 0 fully saturated rings. The summed E-state index contributed by atoms with van der Waals surface area (Å²) in [6.07, 6.45) is 6.47. The van der Waals surface area contributed by atoms with Crippen molar-refractivity contribution in [3.63, 3.8) is 0 Å². The molecule has 8 nitrogen and oxygen atoms in total. The Labute approximate surface area is 161 Å². The monoisotopic (exact) mass is 373 g/mol. The first-order valence-corrected chi connectivity index (χ1v) is 8.81. The topological polar surface area (TPSA) is 90.5 Å². The summed E-state index contributed by atoms with van der Waals surface area (Å²) >= 11 is 0. The molecule has 140 valence electrons. The number of nitrogens with zero attached hydrogens (tertiary/aromatic N) is 6. The highest BCUT2D eigenvalue weighted by Gasteiger charge is 2.08. The van der Waals surface area contributed by atoms with Crippen molar-refractivity contribution in [2.45, 2.75) is 13.5 Å². The van der Waals surface area contributed by atoms with E-state index in [1.54, 1.807) is 27.8 Å². The summed E-state index contributed by atoms with van der Waals surface area (Å²) in [5.41, 5.74) is 4.01. The predicted octanol–water partition coefficient (Wildman–Crippen LogP) is 2.57. The SMILES string of the molecule is Cc1nn(C)c2ncc(NC(=O)/C=C/c3cn(Cc4ccccc4)nn3)cc12. The summed E-state index contributed by atoms with van der Waals surface area (Å²) in [7, 11) is 1.84. The first-order valence-electron chi connectivity index (χ1n) is 8.81. The van der Waals surface area contributed by atoms with E-state index in [4.69, 9.17) is 0 Å². The number of fused-ring (bicyclic) bond motifs is 1. The van der Waals surface area contributed by atoms with Crippen molar-refractivity contribution < 1.29 is 4.79 Å². The normalized spacial score (nSPS) is 11.4. The second-order valence-corrected chi connectivity index (χ2v) is 6.45. The lowest BCUT2D eigenvalue weighted by Gasteiger charge is -2.02. The molecule has 4 rings (SSSR count). The lowest BCUT2D eigenvalue weighted by molar-refractivity contribution is -0.111. The molecule has 0 aliphatic heterocycles. The molecule has 4 aromatic rings. The Bertz CT molecular complexity index is 1160. The second-order valence-electron chi connectivity index (χ2n) is 6.45. The fraction of sp³-hybridized carbons (Fsp3) is 0.150. The van der Waals surface area contributed by atoms with E-state index < -0.39 is 0 Å². The van der Waals surface area contributed by atoms with E-state index in [9.17, 15) is 4.79 Å². The molecule has 0 aliphatic carbocycles. The Morgan fingerprint density at radius 1 is 1.25 bits per heavy atom. The Morgan fingerprint density at radius 3 is 2.89 bits per heavy atom. The molecule has 0 unspecified atom stereocenters. The van der Waals surface area contributed by atoms with Gasteiger partial charge in [0.2, 0.25) is 5.91 Å². The third-order valence-corrected chi connectivity index (χ3v) is 4.28. The Balaban J connectivity index is 1.41. The fourth-order valence-corrected chi connectivity index (χ4v) is 2.96. The van der Waals surface area contributed by atoms with Crippen LogP contribution in [0.25, 0.3) is 17.1 Å². The zero-order chi connectivity index (χ0) is 19.5. The lowest BCUT2D eigenvalue weighted by Crippen LogP contribution is -2.08. The molecule has 0 saturated carbocycles. The number of amides is 1. The third kappa shape index (κ3) is 3.80. The van der Waals surface area contributed by atoms with Crippen LogP contribution < -0.4 is 5.32 Å². The summed E-state index contributed by atoms with van der Waals surface area (Å²) in [5, 5.41) is 16.2. The zero-order valence-electron chi connectivity index (χ0n) is 15.6. The molecule has 1 N–H and O–H groups in total. The van der Waals surface area contributed by atoms with Crippen LogP contribution >= 0.6 is 0 Å². The Morgan fingerprint density at radius 2 is 2.07 bits per heavy atom. The van der Waals surface area contributed by atoms with Crippen molar-refractivity contribution in [3.05, 3.63) is 71.8 Å². The molecule has 0 aliphatic rings. The quantitative estimate of drug-likeness (QED) is 0.543. The van der Waals surface area contributed by atoms with Crippen molar-refractivity contribution in [2.75, 3.05) is 5.32 Å². The standard InChI is InChI=1S/C20H19N7O/c1-14-18-10-17(11-21-20(18)26(2)24-14)22-19(28)9-8-16-13-27(25-23-16)12-15-6-4-3-5-7-15/h3-11,13H,12H2,1-2H3,(H,22,28)/b9-8+. The van der Waals surface area contributed by atoms with Gasteiger partial charge in [-0.1, -0.05) is 35.5 Å². The first kappa shape index (κ1) is 17.6. The van der Waals surface area contributed by atoms with E-state index in [-0.39, 0.29) is 5.91 Å². The van der Waals surface area contributed by atoms with Gasteiger partial charge < -0.3 is 5.32 Å². The minimum Gasteiger partial charge on any atom is -0.321 e. The number of anilines is 1. The van der Waals surface area contributed by atoms with E-state index in [1.165, 1.54) is 6.08 Å². The van der Waals surface area contributed by atoms with Crippen LogP contribution in [0.5, 0.6) is 0 Å². The van der Waals surface area contributed by atoms with Crippen LogP contribution in [0.3, 0.4) is 0 Å². The average Bonchev–Trinajstić information content (AvgIpc) is 3.25. The van der Waals surface area contributed by atoms with Crippen molar-refractivity contribution in [1.82, 2.24) is 29.8 Å². The number of nitrogens with one attached hydrogen (secondary N) is 1. The smallest absolute Gasteiger partial charge is 0.248 e. The minimum absolute atomic E-state index is 0.264. The van der Waals surface area contributed by atoms with Gasteiger partial charge in [0.25, 0.3) is 0 Å². The van der Waals surface area contributed by atoms with Crippen molar-refractivity contribution in [3.8, 4) is 0 Å². The van der Waals surface area contributed by atoms with Gasteiger partial charge in [0.15, 0.2) is 5.65 Å². The van der Waals surface area contributed by atoms with E-state index in [0.717, 1.165) is 22.3 Å². The molecule has 0 bridgehead atoms. The molecular formula is C20H19N7O. The first-order chi connectivity index (χ1) is 13.6. The maximum atomic E-state index is 12.2. The maximum Gasteiger partial charge on any atom is 0.248 e. The molecule has 0 spiro atoms. The number of carbonyl (C=O) groups is 1. The molecule has 28 heavy (non-hydrogen) atoms. The van der Waals surface area contributed by atoms with E-state index in [2.05, 4.69) is 25.7 Å². The lowest BCUT2D eigenvalue weighted by atomic mass is 10.2. The second kappa shape index (κ2) is 7.43. The summed E-state index contributed by atoms with van der Waals surface area (Å²) in [6.45, 7) is 2.54. The molecule has 3 heterocycles. The number of aryl methyl sites for hydroxylation is 2. The highest BCUT2D eigenvalue weighted by atomic mass is 16.1. The molecule has 8 heteroatoms. The summed E-state index contributed by atoms with van der Waals surface area (Å²) in [4.78, 5) is 16.6. The number of benzene rings is 1. The third-order valence-electron chi connectivity index (χ3n) is 4.28. The van der Waals surface area contributed by atoms with Crippen LogP contribution in [0.2, 0.25) is 0 Å². The van der Waals surface area contributed by atoms with Gasteiger partial charge in [-0.05, 0) is 24.6 Å². The molecule has 3 aromatic heterocycles. The number of pyridine rings is 1. The molecule has 0 radical (unpaired) electrons. The van der Waals surface area contributed by atoms with Crippen molar-refractivity contribution in [2.24, 2.45) is 7.05 Å². The number of hydrogen-bond acceptors (Lipinski definition) is 5. The molecule has 1 aromatic carbocycles. The van der Waals surface area contributed by atoms with E-state index in [0.29, 0.717) is 17.9 Å². The summed E-state index contributed by atoms with van der Waals surface area (Å²) < 4.78 is 3.45. The summed E-state index contributed by atoms with van der Waals surface area (Å²) in [5.74, 6) is -0.264. The van der Waals surface area contributed by atoms with Gasteiger partial charge in [-0.15, -0.1) is 5.10 Å². The van der Waals surface area contributed by atoms with Gasteiger partial charge in [-0.2, -0.15) is 5.10 Å². The van der Waals surface area contributed by atoms with Gasteiger partial charge in [0.1, 0.15) is 5.69 Å². The predicted molar refractivity (Wildman–Crippen MR) is 106 cm³/mol. The van der Waals surface area contributed by atoms with Gasteiger partial charge in [-0.3, -0.25) is 9.48 Å². The number of aromatic nitrogens is 6. The molecule has 1 amide bonds. The molecular weight excluding hydrogens is 354 g/mol. The largest absolute Gasteiger partial charge is 0.321 e. The number of hydrogen-bond donors (Lipinski definition) is 1. The number of carbonyl (C=O) groups excluding carboxylic acids is 1. The van der Waals surface area contributed by atoms with Crippen LogP contribution in [-0.2, 0) is 18.4 Å². The van der Waals surface area contributed by atoms with Crippen LogP contribution in [0.15, 0.2) is 54.9 Å². The molecule has 0 atom stereocenters. The van der Waals surface area contributed by atoms with Crippen molar-refractivity contribution in [1.29, 1.82) is 0 Å². The average molecular weight is 373 g/mol.